The van der Waals surface area contributed by atoms with Crippen LogP contribution in [0.4, 0.5) is 4.39 Å². The molecule has 1 saturated heterocycles. The Balaban J connectivity index is 1.46. The molecule has 0 amide bonds. The van der Waals surface area contributed by atoms with Crippen molar-refractivity contribution in [2.24, 2.45) is 0 Å². The van der Waals surface area contributed by atoms with Gasteiger partial charge in [0, 0.05) is 35.0 Å². The highest BCUT2D eigenvalue weighted by atomic mass is 35.5. The average molecular weight is 449 g/mol. The first-order chi connectivity index (χ1) is 14.5. The van der Waals surface area contributed by atoms with Gasteiger partial charge in [-0.3, -0.25) is 9.67 Å². The summed E-state index contributed by atoms with van der Waals surface area (Å²) in [5, 5.41) is 8.40. The standard InChI is InChI=1S/C22H23Cl2FN4O/c1-14-21(30-9-6-18-19(23)2-3-20(25)22(18)24)10-15(11-27-14)16-12-28-29(13-16)17-4-7-26-8-5-17/h2-3,10-13,17,26H,4-9H2,1H3. The fourth-order valence-electron chi connectivity index (χ4n) is 3.64. The number of rotatable bonds is 6. The van der Waals surface area contributed by atoms with E-state index in [-0.39, 0.29) is 5.02 Å². The molecule has 1 aliphatic rings. The Morgan fingerprint density at radius 1 is 1.20 bits per heavy atom. The van der Waals surface area contributed by atoms with Gasteiger partial charge in [-0.05, 0) is 56.6 Å². The Labute approximate surface area is 185 Å². The quantitative estimate of drug-likeness (QED) is 0.523. The molecular formula is C22H23Cl2FN4O. The molecule has 2 aromatic heterocycles. The molecule has 0 atom stereocenters. The predicted molar refractivity (Wildman–Crippen MR) is 117 cm³/mol. The molecule has 3 aromatic rings. The van der Waals surface area contributed by atoms with Crippen molar-refractivity contribution in [3.63, 3.8) is 0 Å². The van der Waals surface area contributed by atoms with Crippen LogP contribution in [0.5, 0.6) is 5.75 Å². The number of nitrogens with one attached hydrogen (secondary N) is 1. The molecule has 1 N–H and O–H groups in total. The van der Waals surface area contributed by atoms with Gasteiger partial charge in [-0.25, -0.2) is 4.39 Å². The molecule has 3 heterocycles. The molecule has 1 fully saturated rings. The molecule has 1 aromatic carbocycles. The van der Waals surface area contributed by atoms with Crippen molar-refractivity contribution in [2.45, 2.75) is 32.2 Å². The Kier molecular flexibility index (Phi) is 6.56. The van der Waals surface area contributed by atoms with Crippen molar-refractivity contribution in [1.29, 1.82) is 0 Å². The second kappa shape index (κ2) is 9.33. The van der Waals surface area contributed by atoms with Crippen LogP contribution in [0.15, 0.2) is 36.8 Å². The second-order valence-electron chi connectivity index (χ2n) is 7.42. The van der Waals surface area contributed by atoms with Crippen molar-refractivity contribution in [1.82, 2.24) is 20.1 Å². The summed E-state index contributed by atoms with van der Waals surface area (Å²) in [4.78, 5) is 4.47. The molecule has 0 aliphatic carbocycles. The number of hydrogen-bond donors (Lipinski definition) is 1. The number of hydrogen-bond acceptors (Lipinski definition) is 4. The third kappa shape index (κ3) is 4.61. The highest BCUT2D eigenvalue weighted by molar-refractivity contribution is 6.36. The van der Waals surface area contributed by atoms with Gasteiger partial charge >= 0.3 is 0 Å². The minimum absolute atomic E-state index is 0.0417. The molecular weight excluding hydrogens is 426 g/mol. The topological polar surface area (TPSA) is 52.0 Å². The van der Waals surface area contributed by atoms with Crippen LogP contribution in [0.1, 0.15) is 30.1 Å². The summed E-state index contributed by atoms with van der Waals surface area (Å²) in [6, 6.07) is 5.15. The van der Waals surface area contributed by atoms with Crippen molar-refractivity contribution in [3.8, 4) is 16.9 Å². The summed E-state index contributed by atoms with van der Waals surface area (Å²) >= 11 is 12.2. The third-order valence-electron chi connectivity index (χ3n) is 5.41. The Bertz CT molecular complexity index is 1030. The summed E-state index contributed by atoms with van der Waals surface area (Å²) in [7, 11) is 0. The van der Waals surface area contributed by atoms with E-state index in [1.165, 1.54) is 12.1 Å². The van der Waals surface area contributed by atoms with Gasteiger partial charge in [-0.2, -0.15) is 5.10 Å². The van der Waals surface area contributed by atoms with Gasteiger partial charge in [0.1, 0.15) is 11.6 Å². The van der Waals surface area contributed by atoms with Crippen molar-refractivity contribution in [2.75, 3.05) is 19.7 Å². The maximum atomic E-state index is 13.7. The number of piperidine rings is 1. The number of nitrogens with zero attached hydrogens (tertiary/aromatic N) is 3. The van der Waals surface area contributed by atoms with E-state index in [2.05, 4.69) is 21.6 Å². The molecule has 0 bridgehead atoms. The van der Waals surface area contributed by atoms with E-state index in [0.717, 1.165) is 42.8 Å². The predicted octanol–water partition coefficient (Wildman–Crippen LogP) is 5.25. The zero-order valence-corrected chi connectivity index (χ0v) is 18.2. The molecule has 8 heteroatoms. The molecule has 0 saturated carbocycles. The van der Waals surface area contributed by atoms with Crippen LogP contribution in [0, 0.1) is 12.7 Å². The van der Waals surface area contributed by atoms with Gasteiger partial charge in [-0.15, -0.1) is 0 Å². The van der Waals surface area contributed by atoms with Gasteiger partial charge in [0.2, 0.25) is 0 Å². The van der Waals surface area contributed by atoms with Crippen LogP contribution in [-0.2, 0) is 6.42 Å². The fourth-order valence-corrected chi connectivity index (χ4v) is 4.20. The van der Waals surface area contributed by atoms with Gasteiger partial charge in [0.25, 0.3) is 0 Å². The lowest BCUT2D eigenvalue weighted by atomic mass is 10.1. The van der Waals surface area contributed by atoms with Gasteiger partial charge in [0.05, 0.1) is 29.6 Å². The highest BCUT2D eigenvalue weighted by Gasteiger charge is 2.17. The van der Waals surface area contributed by atoms with E-state index >= 15 is 0 Å². The second-order valence-corrected chi connectivity index (χ2v) is 8.20. The van der Waals surface area contributed by atoms with Crippen molar-refractivity contribution >= 4 is 23.2 Å². The molecule has 4 rings (SSSR count). The molecule has 5 nitrogen and oxygen atoms in total. The normalized spacial score (nSPS) is 14.8. The van der Waals surface area contributed by atoms with Crippen LogP contribution in [0.3, 0.4) is 0 Å². The van der Waals surface area contributed by atoms with Gasteiger partial charge < -0.3 is 10.1 Å². The van der Waals surface area contributed by atoms with E-state index in [1.54, 1.807) is 0 Å². The summed E-state index contributed by atoms with van der Waals surface area (Å²) in [6.07, 6.45) is 8.31. The first-order valence-corrected chi connectivity index (χ1v) is 10.8. The van der Waals surface area contributed by atoms with Crippen LogP contribution >= 0.6 is 23.2 Å². The van der Waals surface area contributed by atoms with E-state index in [0.29, 0.717) is 35.4 Å². The highest BCUT2D eigenvalue weighted by Crippen LogP contribution is 2.29. The summed E-state index contributed by atoms with van der Waals surface area (Å²) in [6.45, 7) is 4.23. The van der Waals surface area contributed by atoms with Gasteiger partial charge in [-0.1, -0.05) is 23.2 Å². The molecule has 158 valence electrons. The smallest absolute Gasteiger partial charge is 0.142 e. The number of pyridine rings is 1. The number of halogens is 3. The van der Waals surface area contributed by atoms with Crippen LogP contribution in [-0.4, -0.2) is 34.5 Å². The molecule has 1 aliphatic heterocycles. The summed E-state index contributed by atoms with van der Waals surface area (Å²) in [5.74, 6) is 0.187. The SMILES string of the molecule is Cc1ncc(-c2cnn(C3CCNCC3)c2)cc1OCCc1c(Cl)ccc(F)c1Cl. The Morgan fingerprint density at radius 2 is 2.00 bits per heavy atom. The Hall–Kier alpha value is -2.15. The van der Waals surface area contributed by atoms with E-state index in [1.807, 2.05) is 30.1 Å². The maximum Gasteiger partial charge on any atom is 0.142 e. The first kappa shape index (κ1) is 21.1. The van der Waals surface area contributed by atoms with Crippen molar-refractivity contribution < 1.29 is 9.13 Å². The number of ether oxygens (including phenoxy) is 1. The van der Waals surface area contributed by atoms with E-state index in [4.69, 9.17) is 27.9 Å². The van der Waals surface area contributed by atoms with Crippen molar-refractivity contribution in [3.05, 3.63) is 63.9 Å². The third-order valence-corrected chi connectivity index (χ3v) is 6.17. The molecule has 30 heavy (non-hydrogen) atoms. The van der Waals surface area contributed by atoms with Crippen LogP contribution in [0.2, 0.25) is 10.0 Å². The molecule has 0 unspecified atom stereocenters. The van der Waals surface area contributed by atoms with Gasteiger partial charge in [0.15, 0.2) is 0 Å². The van der Waals surface area contributed by atoms with E-state index < -0.39 is 5.82 Å². The number of aromatic nitrogens is 3. The minimum Gasteiger partial charge on any atom is -0.491 e. The zero-order chi connectivity index (χ0) is 21.1. The molecule has 0 radical (unpaired) electrons. The maximum absolute atomic E-state index is 13.7. The zero-order valence-electron chi connectivity index (χ0n) is 16.7. The summed E-state index contributed by atoms with van der Waals surface area (Å²) < 4.78 is 21.7. The monoisotopic (exact) mass is 448 g/mol. The van der Waals surface area contributed by atoms with Crippen LogP contribution < -0.4 is 10.1 Å². The number of aryl methyl sites for hydroxylation is 1. The van der Waals surface area contributed by atoms with Crippen LogP contribution in [0.25, 0.3) is 11.1 Å². The lowest BCUT2D eigenvalue weighted by Crippen LogP contribution is -2.29. The lowest BCUT2D eigenvalue weighted by molar-refractivity contribution is 0.318. The van der Waals surface area contributed by atoms with E-state index in [9.17, 15) is 4.39 Å². The minimum atomic E-state index is -0.485. The summed E-state index contributed by atoms with van der Waals surface area (Å²) in [5.41, 5.74) is 3.27. The average Bonchev–Trinajstić information content (AvgIpc) is 3.25. The largest absolute Gasteiger partial charge is 0.491 e. The lowest BCUT2D eigenvalue weighted by Gasteiger charge is -2.22. The number of benzene rings is 1. The Morgan fingerprint density at radius 3 is 2.80 bits per heavy atom. The molecule has 0 spiro atoms. The fraction of sp³-hybridized carbons (Fsp3) is 0.364. The first-order valence-electron chi connectivity index (χ1n) is 10.00.